The fraction of sp³-hybridized carbons (Fsp3) is 0.300. The highest BCUT2D eigenvalue weighted by Crippen LogP contribution is 2.36. The Kier molecular flexibility index (Phi) is 6.51. The molecular formula is C20H20FN5O6S. The number of nitrogens with zero attached hydrogens (tertiary/aromatic N) is 4. The molecule has 0 unspecified atom stereocenters. The van der Waals surface area contributed by atoms with Gasteiger partial charge in [0.25, 0.3) is 27.6 Å². The summed E-state index contributed by atoms with van der Waals surface area (Å²) in [4.78, 5) is 20.3. The van der Waals surface area contributed by atoms with Crippen LogP contribution in [0.5, 0.6) is 5.88 Å². The summed E-state index contributed by atoms with van der Waals surface area (Å²) in [6.45, 7) is 0.993. The smallest absolute Gasteiger partial charge is 0.292 e. The van der Waals surface area contributed by atoms with E-state index >= 15 is 0 Å². The molecule has 0 fully saturated rings. The van der Waals surface area contributed by atoms with Gasteiger partial charge in [0.1, 0.15) is 18.1 Å². The maximum atomic E-state index is 13.3. The minimum Gasteiger partial charge on any atom is -0.474 e. The molecule has 11 nitrogen and oxygen atoms in total. The maximum Gasteiger partial charge on any atom is 0.292 e. The van der Waals surface area contributed by atoms with Crippen LogP contribution in [-0.2, 0) is 14.8 Å². The van der Waals surface area contributed by atoms with Gasteiger partial charge >= 0.3 is 0 Å². The average Bonchev–Trinajstić information content (AvgIpc) is 3.32. The number of hydrogen-bond acceptors (Lipinski definition) is 9. The number of nitrogens with one attached hydrogen (secondary N) is 1. The number of aromatic nitrogens is 3. The molecule has 0 aliphatic carbocycles. The number of anilines is 1. The summed E-state index contributed by atoms with van der Waals surface area (Å²) in [6, 6.07) is 5.99. The van der Waals surface area contributed by atoms with Crippen LogP contribution in [0.25, 0.3) is 11.5 Å². The molecule has 0 saturated heterocycles. The Morgan fingerprint density at radius 1 is 1.30 bits per heavy atom. The SMILES string of the molecule is COCCCNC(=O)c1noc(-c2cnc3c(c2)N(S(=O)(=O)c2ccc(F)cc2)CCO3)n1. The number of fused-ring (bicyclic) bond motifs is 1. The summed E-state index contributed by atoms with van der Waals surface area (Å²) in [5.74, 6) is -1.15. The zero-order chi connectivity index (χ0) is 23.4. The lowest BCUT2D eigenvalue weighted by Gasteiger charge is -2.29. The second kappa shape index (κ2) is 9.50. The molecule has 1 aromatic carbocycles. The molecule has 3 aromatic rings. The molecule has 0 atom stereocenters. The first-order chi connectivity index (χ1) is 15.9. The predicted molar refractivity (Wildman–Crippen MR) is 113 cm³/mol. The van der Waals surface area contributed by atoms with E-state index in [2.05, 4.69) is 20.4 Å². The number of carbonyl (C=O) groups excluding carboxylic acids is 1. The van der Waals surface area contributed by atoms with Crippen molar-refractivity contribution in [2.75, 3.05) is 37.7 Å². The van der Waals surface area contributed by atoms with E-state index in [1.54, 1.807) is 7.11 Å². The van der Waals surface area contributed by atoms with Gasteiger partial charge in [-0.25, -0.2) is 17.8 Å². The Hall–Kier alpha value is -3.58. The Morgan fingerprint density at radius 2 is 2.09 bits per heavy atom. The Bertz CT molecular complexity index is 1250. The molecule has 1 amide bonds. The number of benzene rings is 1. The molecule has 13 heteroatoms. The van der Waals surface area contributed by atoms with Crippen molar-refractivity contribution >= 4 is 21.6 Å². The number of rotatable bonds is 8. The van der Waals surface area contributed by atoms with E-state index < -0.39 is 21.7 Å². The van der Waals surface area contributed by atoms with Crippen molar-refractivity contribution in [1.29, 1.82) is 0 Å². The average molecular weight is 477 g/mol. The fourth-order valence-electron chi connectivity index (χ4n) is 3.11. The van der Waals surface area contributed by atoms with Crippen molar-refractivity contribution in [2.24, 2.45) is 0 Å². The number of carbonyl (C=O) groups is 1. The van der Waals surface area contributed by atoms with Gasteiger partial charge in [0.2, 0.25) is 5.88 Å². The Morgan fingerprint density at radius 3 is 2.85 bits per heavy atom. The summed E-state index contributed by atoms with van der Waals surface area (Å²) in [6.07, 6.45) is 2.00. The van der Waals surface area contributed by atoms with Crippen LogP contribution in [0.1, 0.15) is 17.0 Å². The molecule has 0 radical (unpaired) electrons. The number of ether oxygens (including phenoxy) is 2. The van der Waals surface area contributed by atoms with Crippen molar-refractivity contribution in [3.63, 3.8) is 0 Å². The van der Waals surface area contributed by atoms with Crippen LogP contribution in [0.2, 0.25) is 0 Å². The molecule has 1 aliphatic heterocycles. The summed E-state index contributed by atoms with van der Waals surface area (Å²) in [7, 11) is -2.44. The van der Waals surface area contributed by atoms with Gasteiger partial charge in [-0.05, 0) is 36.8 Å². The molecule has 0 spiro atoms. The third kappa shape index (κ3) is 4.78. The number of sulfonamides is 1. The van der Waals surface area contributed by atoms with Crippen molar-refractivity contribution in [3.05, 3.63) is 48.2 Å². The monoisotopic (exact) mass is 477 g/mol. The predicted octanol–water partition coefficient (Wildman–Crippen LogP) is 1.62. The largest absolute Gasteiger partial charge is 0.474 e. The lowest BCUT2D eigenvalue weighted by Crippen LogP contribution is -2.38. The zero-order valence-corrected chi connectivity index (χ0v) is 18.3. The third-order valence-electron chi connectivity index (χ3n) is 4.72. The first kappa shape index (κ1) is 22.6. The Labute approximate surface area is 188 Å². The van der Waals surface area contributed by atoms with Crippen LogP contribution in [0.15, 0.2) is 45.9 Å². The van der Waals surface area contributed by atoms with Crippen molar-refractivity contribution in [3.8, 4) is 17.3 Å². The van der Waals surface area contributed by atoms with Crippen LogP contribution in [-0.4, -0.2) is 62.9 Å². The zero-order valence-electron chi connectivity index (χ0n) is 17.5. The second-order valence-electron chi connectivity index (χ2n) is 6.95. The quantitative estimate of drug-likeness (QED) is 0.480. The van der Waals surface area contributed by atoms with Gasteiger partial charge < -0.3 is 19.3 Å². The van der Waals surface area contributed by atoms with Crippen molar-refractivity contribution in [2.45, 2.75) is 11.3 Å². The van der Waals surface area contributed by atoms with Crippen LogP contribution in [0, 0.1) is 5.82 Å². The van der Waals surface area contributed by atoms with Gasteiger partial charge in [-0.1, -0.05) is 5.16 Å². The highest BCUT2D eigenvalue weighted by molar-refractivity contribution is 7.92. The molecule has 0 bridgehead atoms. The van der Waals surface area contributed by atoms with Crippen LogP contribution in [0.3, 0.4) is 0 Å². The first-order valence-corrected chi connectivity index (χ1v) is 11.4. The maximum absolute atomic E-state index is 13.3. The lowest BCUT2D eigenvalue weighted by molar-refractivity contribution is 0.0935. The topological polar surface area (TPSA) is 137 Å². The van der Waals surface area contributed by atoms with Gasteiger partial charge in [-0.2, -0.15) is 4.98 Å². The molecule has 2 aromatic heterocycles. The number of pyridine rings is 1. The van der Waals surface area contributed by atoms with E-state index in [9.17, 15) is 17.6 Å². The summed E-state index contributed by atoms with van der Waals surface area (Å²) >= 11 is 0. The fourth-order valence-corrected chi connectivity index (χ4v) is 4.55. The van der Waals surface area contributed by atoms with Crippen LogP contribution in [0.4, 0.5) is 10.1 Å². The van der Waals surface area contributed by atoms with Crippen LogP contribution >= 0.6 is 0 Å². The molecule has 4 rings (SSSR count). The van der Waals surface area contributed by atoms with E-state index in [0.29, 0.717) is 25.1 Å². The van der Waals surface area contributed by atoms with Crippen molar-refractivity contribution < 1.29 is 31.6 Å². The molecule has 1 aliphatic rings. The summed E-state index contributed by atoms with van der Waals surface area (Å²) < 4.78 is 56.3. The van der Waals surface area contributed by atoms with Gasteiger partial charge in [0.05, 0.1) is 17.0 Å². The summed E-state index contributed by atoms with van der Waals surface area (Å²) in [5.41, 5.74) is 0.455. The van der Waals surface area contributed by atoms with Gasteiger partial charge in [0.15, 0.2) is 0 Å². The molecular weight excluding hydrogens is 457 g/mol. The third-order valence-corrected chi connectivity index (χ3v) is 6.55. The number of hydrogen-bond donors (Lipinski definition) is 1. The van der Waals surface area contributed by atoms with E-state index in [1.807, 2.05) is 0 Å². The first-order valence-electron chi connectivity index (χ1n) is 9.92. The second-order valence-corrected chi connectivity index (χ2v) is 8.82. The molecule has 33 heavy (non-hydrogen) atoms. The van der Waals surface area contributed by atoms with E-state index in [0.717, 1.165) is 16.4 Å². The standard InChI is InChI=1S/C20H20FN5O6S/c1-30-9-2-7-22-18(27)17-24-19(32-25-17)13-11-16-20(23-12-13)31-10-8-26(16)33(28,29)15-5-3-14(21)4-6-15/h3-6,11-12H,2,7-10H2,1H3,(H,22,27). The number of halogens is 1. The minimum absolute atomic E-state index is 0.0166. The van der Waals surface area contributed by atoms with E-state index in [1.165, 1.54) is 24.4 Å². The molecule has 3 heterocycles. The lowest BCUT2D eigenvalue weighted by atomic mass is 10.2. The van der Waals surface area contributed by atoms with Crippen LogP contribution < -0.4 is 14.4 Å². The highest BCUT2D eigenvalue weighted by atomic mass is 32.2. The minimum atomic E-state index is -4.01. The van der Waals surface area contributed by atoms with E-state index in [4.69, 9.17) is 14.0 Å². The highest BCUT2D eigenvalue weighted by Gasteiger charge is 2.32. The Balaban J connectivity index is 1.60. The van der Waals surface area contributed by atoms with Gasteiger partial charge in [0, 0.05) is 26.5 Å². The van der Waals surface area contributed by atoms with E-state index in [-0.39, 0.29) is 41.3 Å². The van der Waals surface area contributed by atoms with Gasteiger partial charge in [-0.15, -0.1) is 0 Å². The van der Waals surface area contributed by atoms with Crippen molar-refractivity contribution in [1.82, 2.24) is 20.4 Å². The van der Waals surface area contributed by atoms with Gasteiger partial charge in [-0.3, -0.25) is 9.10 Å². The summed E-state index contributed by atoms with van der Waals surface area (Å²) in [5, 5.41) is 6.32. The number of methoxy groups -OCH3 is 1. The normalized spacial score (nSPS) is 13.3. The number of amides is 1. The molecule has 1 N–H and O–H groups in total. The molecule has 174 valence electrons. The molecule has 0 saturated carbocycles.